The van der Waals surface area contributed by atoms with E-state index in [0.29, 0.717) is 12.6 Å². The molecule has 0 aliphatic carbocycles. The van der Waals surface area contributed by atoms with Crippen LogP contribution in [0.4, 0.5) is 0 Å². The predicted molar refractivity (Wildman–Crippen MR) is 61.9 cm³/mol. The van der Waals surface area contributed by atoms with Crippen molar-refractivity contribution < 1.29 is 9.53 Å². The van der Waals surface area contributed by atoms with Crippen molar-refractivity contribution in [2.45, 2.75) is 39.3 Å². The number of ether oxygens (including phenoxy) is 1. The number of likely N-dealkylation sites (N-methyl/N-ethyl adjacent to an activating group) is 1. The summed E-state index contributed by atoms with van der Waals surface area (Å²) in [6.07, 6.45) is 0.926. The van der Waals surface area contributed by atoms with E-state index in [2.05, 4.69) is 12.2 Å². The molecule has 1 amide bonds. The summed E-state index contributed by atoms with van der Waals surface area (Å²) in [7, 11) is 3.51. The van der Waals surface area contributed by atoms with E-state index in [1.807, 2.05) is 20.9 Å². The summed E-state index contributed by atoms with van der Waals surface area (Å²) in [5, 5.41) is 3.18. The monoisotopic (exact) mass is 216 g/mol. The zero-order valence-corrected chi connectivity index (χ0v) is 10.5. The van der Waals surface area contributed by atoms with Crippen LogP contribution in [0.25, 0.3) is 0 Å². The van der Waals surface area contributed by atoms with Crippen molar-refractivity contribution in [3.63, 3.8) is 0 Å². The fraction of sp³-hybridized carbons (Fsp3) is 0.909. The number of hydrogen-bond acceptors (Lipinski definition) is 3. The molecule has 0 heterocycles. The van der Waals surface area contributed by atoms with E-state index in [0.717, 1.165) is 13.0 Å². The Kier molecular flexibility index (Phi) is 7.34. The topological polar surface area (TPSA) is 41.6 Å². The van der Waals surface area contributed by atoms with E-state index in [1.165, 1.54) is 0 Å². The van der Waals surface area contributed by atoms with Crippen molar-refractivity contribution >= 4 is 5.91 Å². The molecule has 0 radical (unpaired) electrons. The second-order valence-corrected chi connectivity index (χ2v) is 4.16. The second kappa shape index (κ2) is 7.65. The summed E-state index contributed by atoms with van der Waals surface area (Å²) in [6, 6.07) is 0.572. The number of methoxy groups -OCH3 is 1. The Balaban J connectivity index is 3.70. The van der Waals surface area contributed by atoms with Gasteiger partial charge in [-0.05, 0) is 27.2 Å². The fourth-order valence-corrected chi connectivity index (χ4v) is 1.07. The highest BCUT2D eigenvalue weighted by Crippen LogP contribution is 1.95. The largest absolute Gasteiger partial charge is 0.385 e. The third-order valence-electron chi connectivity index (χ3n) is 2.52. The number of nitrogens with one attached hydrogen (secondary N) is 1. The van der Waals surface area contributed by atoms with Crippen LogP contribution in [0.15, 0.2) is 0 Å². The van der Waals surface area contributed by atoms with E-state index in [9.17, 15) is 4.79 Å². The lowest BCUT2D eigenvalue weighted by atomic mass is 10.2. The molecule has 90 valence electrons. The highest BCUT2D eigenvalue weighted by molar-refractivity contribution is 5.78. The van der Waals surface area contributed by atoms with E-state index >= 15 is 0 Å². The second-order valence-electron chi connectivity index (χ2n) is 4.16. The summed E-state index contributed by atoms with van der Waals surface area (Å²) in [6.45, 7) is 7.20. The number of carbonyl (C=O) groups excluding carboxylic acids is 1. The average Bonchev–Trinajstić information content (AvgIpc) is 2.21. The fourth-order valence-electron chi connectivity index (χ4n) is 1.07. The van der Waals surface area contributed by atoms with E-state index in [1.54, 1.807) is 12.0 Å². The van der Waals surface area contributed by atoms with Gasteiger partial charge >= 0.3 is 0 Å². The van der Waals surface area contributed by atoms with Crippen molar-refractivity contribution in [3.05, 3.63) is 0 Å². The molecular weight excluding hydrogens is 192 g/mol. The van der Waals surface area contributed by atoms with Gasteiger partial charge in [0.05, 0.1) is 6.54 Å². The van der Waals surface area contributed by atoms with E-state index in [-0.39, 0.29) is 11.9 Å². The molecule has 0 aromatic heterocycles. The maximum absolute atomic E-state index is 11.6. The highest BCUT2D eigenvalue weighted by Gasteiger charge is 2.12. The normalized spacial score (nSPS) is 12.9. The molecule has 4 heteroatoms. The van der Waals surface area contributed by atoms with Crippen LogP contribution in [0.3, 0.4) is 0 Å². The lowest BCUT2D eigenvalue weighted by Gasteiger charge is -2.22. The molecule has 1 unspecified atom stereocenters. The van der Waals surface area contributed by atoms with Gasteiger partial charge in [-0.25, -0.2) is 0 Å². The van der Waals surface area contributed by atoms with Crippen LogP contribution >= 0.6 is 0 Å². The smallest absolute Gasteiger partial charge is 0.236 e. The van der Waals surface area contributed by atoms with Gasteiger partial charge in [0.2, 0.25) is 5.91 Å². The average molecular weight is 216 g/mol. The van der Waals surface area contributed by atoms with Crippen molar-refractivity contribution in [3.8, 4) is 0 Å². The van der Waals surface area contributed by atoms with Crippen molar-refractivity contribution in [1.29, 1.82) is 0 Å². The third kappa shape index (κ3) is 6.47. The molecule has 15 heavy (non-hydrogen) atoms. The van der Waals surface area contributed by atoms with Gasteiger partial charge in [0.25, 0.3) is 0 Å². The summed E-state index contributed by atoms with van der Waals surface area (Å²) in [5.74, 6) is 0.134. The van der Waals surface area contributed by atoms with Crippen LogP contribution in [0.5, 0.6) is 0 Å². The maximum atomic E-state index is 11.6. The molecular formula is C11H24N2O2. The first kappa shape index (κ1) is 14.4. The number of hydrogen-bond donors (Lipinski definition) is 1. The van der Waals surface area contributed by atoms with Crippen LogP contribution in [-0.4, -0.2) is 50.2 Å². The molecule has 0 aliphatic rings. The molecule has 0 aromatic carbocycles. The molecule has 0 fully saturated rings. The van der Waals surface area contributed by atoms with Gasteiger partial charge in [-0.2, -0.15) is 0 Å². The van der Waals surface area contributed by atoms with Gasteiger partial charge in [0, 0.05) is 32.8 Å². The molecule has 0 aromatic rings. The summed E-state index contributed by atoms with van der Waals surface area (Å²) < 4.78 is 4.97. The molecule has 0 spiro atoms. The first-order chi connectivity index (χ1) is 6.99. The summed E-state index contributed by atoms with van der Waals surface area (Å²) >= 11 is 0. The molecule has 4 nitrogen and oxygen atoms in total. The quantitative estimate of drug-likeness (QED) is 0.686. The predicted octanol–water partition coefficient (Wildman–Crippen LogP) is 0.868. The van der Waals surface area contributed by atoms with Crippen molar-refractivity contribution in [1.82, 2.24) is 10.2 Å². The molecule has 0 rings (SSSR count). The SMILES string of the molecule is COCCC(C)NCC(=O)N(C)C(C)C. The van der Waals surface area contributed by atoms with Crippen molar-refractivity contribution in [2.24, 2.45) is 0 Å². The lowest BCUT2D eigenvalue weighted by molar-refractivity contribution is -0.130. The number of carbonyl (C=O) groups is 1. The summed E-state index contributed by atoms with van der Waals surface area (Å²) in [4.78, 5) is 13.3. The first-order valence-electron chi connectivity index (χ1n) is 5.47. The minimum Gasteiger partial charge on any atom is -0.385 e. The maximum Gasteiger partial charge on any atom is 0.236 e. The van der Waals surface area contributed by atoms with Crippen LogP contribution < -0.4 is 5.32 Å². The molecule has 0 saturated heterocycles. The van der Waals surface area contributed by atoms with E-state index in [4.69, 9.17) is 4.74 Å². The van der Waals surface area contributed by atoms with Gasteiger partial charge in [0.15, 0.2) is 0 Å². The Morgan fingerprint density at radius 1 is 1.40 bits per heavy atom. The number of amides is 1. The van der Waals surface area contributed by atoms with Crippen molar-refractivity contribution in [2.75, 3.05) is 27.3 Å². The Bertz CT molecular complexity index is 183. The molecule has 0 aliphatic heterocycles. The lowest BCUT2D eigenvalue weighted by Crippen LogP contribution is -2.42. The number of rotatable bonds is 7. The minimum absolute atomic E-state index is 0.134. The van der Waals surface area contributed by atoms with Gasteiger partial charge in [-0.3, -0.25) is 4.79 Å². The Labute approximate surface area is 93.0 Å². The van der Waals surface area contributed by atoms with Crippen LogP contribution in [0.2, 0.25) is 0 Å². The van der Waals surface area contributed by atoms with Gasteiger partial charge in [-0.15, -0.1) is 0 Å². The van der Waals surface area contributed by atoms with E-state index < -0.39 is 0 Å². The number of nitrogens with zero attached hydrogens (tertiary/aromatic N) is 1. The molecule has 0 bridgehead atoms. The highest BCUT2D eigenvalue weighted by atomic mass is 16.5. The zero-order chi connectivity index (χ0) is 11.8. The van der Waals surface area contributed by atoms with Gasteiger partial charge in [0.1, 0.15) is 0 Å². The Hall–Kier alpha value is -0.610. The molecule has 1 N–H and O–H groups in total. The standard InChI is InChI=1S/C11H24N2O2/c1-9(2)13(4)11(14)8-12-10(3)6-7-15-5/h9-10,12H,6-8H2,1-5H3. The first-order valence-corrected chi connectivity index (χ1v) is 5.47. The minimum atomic E-state index is 0.134. The van der Waals surface area contributed by atoms with Gasteiger partial charge in [-0.1, -0.05) is 0 Å². The van der Waals surface area contributed by atoms with Crippen LogP contribution in [-0.2, 0) is 9.53 Å². The Morgan fingerprint density at radius 3 is 2.47 bits per heavy atom. The van der Waals surface area contributed by atoms with Gasteiger partial charge < -0.3 is 15.0 Å². The van der Waals surface area contributed by atoms with Crippen LogP contribution in [0.1, 0.15) is 27.2 Å². The van der Waals surface area contributed by atoms with Crippen LogP contribution in [0, 0.1) is 0 Å². The third-order valence-corrected chi connectivity index (χ3v) is 2.52. The summed E-state index contributed by atoms with van der Waals surface area (Å²) in [5.41, 5.74) is 0. The molecule has 1 atom stereocenters. The Morgan fingerprint density at radius 2 is 2.00 bits per heavy atom. The molecule has 0 saturated carbocycles. The zero-order valence-electron chi connectivity index (χ0n) is 10.5.